The molecule has 1 fully saturated rings. The maximum absolute atomic E-state index is 6.40. The first-order chi connectivity index (χ1) is 11.2. The third-order valence-electron chi connectivity index (χ3n) is 4.52. The highest BCUT2D eigenvalue weighted by atomic mass is 35.5. The average Bonchev–Trinajstić information content (AvgIpc) is 3.28. The molecule has 1 aliphatic rings. The Morgan fingerprint density at radius 1 is 1.17 bits per heavy atom. The lowest BCUT2D eigenvalue weighted by Gasteiger charge is -2.17. The van der Waals surface area contributed by atoms with Gasteiger partial charge in [-0.05, 0) is 31.9 Å². The molecule has 24 heavy (non-hydrogen) atoms. The highest BCUT2D eigenvalue weighted by molar-refractivity contribution is 5.85. The molecule has 0 saturated heterocycles. The molecule has 0 aliphatic heterocycles. The van der Waals surface area contributed by atoms with Gasteiger partial charge in [0.15, 0.2) is 5.82 Å². The van der Waals surface area contributed by atoms with Crippen LogP contribution in [0.25, 0.3) is 17.1 Å². The number of hydrogen-bond acceptors (Lipinski definition) is 5. The predicted octanol–water partition coefficient (Wildman–Crippen LogP) is 3.38. The maximum Gasteiger partial charge on any atom is 0.261 e. The van der Waals surface area contributed by atoms with Gasteiger partial charge in [0.1, 0.15) is 0 Å². The number of nitrogens with zero attached hydrogens (tertiary/aromatic N) is 4. The Labute approximate surface area is 146 Å². The van der Waals surface area contributed by atoms with E-state index in [1.54, 1.807) is 0 Å². The van der Waals surface area contributed by atoms with E-state index in [2.05, 4.69) is 15.2 Å². The van der Waals surface area contributed by atoms with Crippen LogP contribution in [0.15, 0.2) is 41.1 Å². The third kappa shape index (κ3) is 2.83. The van der Waals surface area contributed by atoms with Crippen molar-refractivity contribution in [2.24, 2.45) is 5.73 Å². The molecule has 1 aromatic carbocycles. The van der Waals surface area contributed by atoms with Gasteiger partial charge in [-0.25, -0.2) is 4.68 Å². The van der Waals surface area contributed by atoms with Gasteiger partial charge in [-0.3, -0.25) is 0 Å². The van der Waals surface area contributed by atoms with Crippen molar-refractivity contribution in [3.8, 4) is 17.1 Å². The van der Waals surface area contributed by atoms with Crippen molar-refractivity contribution in [1.29, 1.82) is 0 Å². The number of benzene rings is 1. The Hall–Kier alpha value is -2.18. The molecule has 126 valence electrons. The van der Waals surface area contributed by atoms with Gasteiger partial charge >= 0.3 is 0 Å². The number of hydrogen-bond donors (Lipinski definition) is 1. The summed E-state index contributed by atoms with van der Waals surface area (Å²) in [7, 11) is 0. The lowest BCUT2D eigenvalue weighted by Crippen LogP contribution is -2.34. The van der Waals surface area contributed by atoms with E-state index < -0.39 is 5.54 Å². The number of rotatable bonds is 3. The standard InChI is InChI=1S/C17H19N5O.ClH/c1-12-14(11-22(20-12)13-7-3-2-4-8-13)15-19-16(21-23-15)17(18)9-5-6-10-17;/h2-4,7-8,11H,5-6,9-10,18H2,1H3;1H. The van der Waals surface area contributed by atoms with Gasteiger partial charge in [-0.1, -0.05) is 36.2 Å². The molecule has 0 spiro atoms. The van der Waals surface area contributed by atoms with E-state index in [1.165, 1.54) is 0 Å². The molecule has 6 nitrogen and oxygen atoms in total. The van der Waals surface area contributed by atoms with E-state index in [9.17, 15) is 0 Å². The fraction of sp³-hybridized carbons (Fsp3) is 0.353. The largest absolute Gasteiger partial charge is 0.334 e. The van der Waals surface area contributed by atoms with Crippen molar-refractivity contribution in [2.45, 2.75) is 38.1 Å². The second kappa shape index (κ2) is 6.37. The van der Waals surface area contributed by atoms with Crippen LogP contribution in [-0.4, -0.2) is 19.9 Å². The molecule has 2 heterocycles. The highest BCUT2D eigenvalue weighted by Crippen LogP contribution is 2.35. The van der Waals surface area contributed by atoms with Gasteiger partial charge < -0.3 is 10.3 Å². The van der Waals surface area contributed by atoms with Gasteiger partial charge in [-0.2, -0.15) is 10.1 Å². The zero-order valence-corrected chi connectivity index (χ0v) is 14.3. The molecule has 0 unspecified atom stereocenters. The van der Waals surface area contributed by atoms with E-state index in [-0.39, 0.29) is 12.4 Å². The molecule has 2 aromatic heterocycles. The van der Waals surface area contributed by atoms with Crippen LogP contribution < -0.4 is 5.73 Å². The molecule has 0 atom stereocenters. The minimum absolute atomic E-state index is 0. The summed E-state index contributed by atoms with van der Waals surface area (Å²) in [5.74, 6) is 1.09. The summed E-state index contributed by atoms with van der Waals surface area (Å²) in [6.45, 7) is 1.94. The van der Waals surface area contributed by atoms with Gasteiger partial charge in [0, 0.05) is 6.20 Å². The Morgan fingerprint density at radius 2 is 1.88 bits per heavy atom. The van der Waals surface area contributed by atoms with E-state index in [0.717, 1.165) is 42.6 Å². The van der Waals surface area contributed by atoms with Crippen LogP contribution in [0.2, 0.25) is 0 Å². The summed E-state index contributed by atoms with van der Waals surface area (Å²) in [5.41, 5.74) is 8.64. The summed E-state index contributed by atoms with van der Waals surface area (Å²) in [5, 5.41) is 8.66. The van der Waals surface area contributed by atoms with Crippen molar-refractivity contribution < 1.29 is 4.52 Å². The Bertz CT molecular complexity index is 821. The summed E-state index contributed by atoms with van der Waals surface area (Å²) in [6.07, 6.45) is 5.97. The van der Waals surface area contributed by atoms with Crippen molar-refractivity contribution >= 4 is 12.4 Å². The molecule has 1 saturated carbocycles. The fourth-order valence-corrected chi connectivity index (χ4v) is 3.15. The van der Waals surface area contributed by atoms with E-state index >= 15 is 0 Å². The lowest BCUT2D eigenvalue weighted by molar-refractivity contribution is 0.372. The number of halogens is 1. The summed E-state index contributed by atoms with van der Waals surface area (Å²) in [6, 6.07) is 9.95. The van der Waals surface area contributed by atoms with E-state index in [1.807, 2.05) is 48.1 Å². The topological polar surface area (TPSA) is 82.8 Å². The van der Waals surface area contributed by atoms with Crippen molar-refractivity contribution in [2.75, 3.05) is 0 Å². The van der Waals surface area contributed by atoms with Crippen LogP contribution >= 0.6 is 12.4 Å². The first kappa shape index (κ1) is 16.7. The number of para-hydroxylation sites is 1. The normalized spacial score (nSPS) is 16.1. The summed E-state index contributed by atoms with van der Waals surface area (Å²) < 4.78 is 7.29. The van der Waals surface area contributed by atoms with Crippen LogP contribution in [0.4, 0.5) is 0 Å². The van der Waals surface area contributed by atoms with Crippen molar-refractivity contribution in [3.05, 3.63) is 48.0 Å². The maximum atomic E-state index is 6.40. The SMILES string of the molecule is Cc1nn(-c2ccccc2)cc1-c1nc(C2(N)CCCC2)no1.Cl. The monoisotopic (exact) mass is 345 g/mol. The molecule has 7 heteroatoms. The molecule has 0 amide bonds. The van der Waals surface area contributed by atoms with Crippen LogP contribution in [0.5, 0.6) is 0 Å². The van der Waals surface area contributed by atoms with E-state index in [0.29, 0.717) is 11.7 Å². The van der Waals surface area contributed by atoms with Gasteiger partial charge in [0.05, 0.1) is 22.5 Å². The fourth-order valence-electron chi connectivity index (χ4n) is 3.15. The second-order valence-corrected chi connectivity index (χ2v) is 6.19. The van der Waals surface area contributed by atoms with E-state index in [4.69, 9.17) is 10.3 Å². The molecule has 1 aliphatic carbocycles. The predicted molar refractivity (Wildman–Crippen MR) is 93.2 cm³/mol. The number of aromatic nitrogens is 4. The molecular weight excluding hydrogens is 326 g/mol. The van der Waals surface area contributed by atoms with Gasteiger partial charge in [0.2, 0.25) is 0 Å². The first-order valence-corrected chi connectivity index (χ1v) is 7.91. The van der Waals surface area contributed by atoms with Gasteiger partial charge in [-0.15, -0.1) is 12.4 Å². The summed E-state index contributed by atoms with van der Waals surface area (Å²) >= 11 is 0. The molecule has 3 aromatic rings. The van der Waals surface area contributed by atoms with Crippen LogP contribution in [0, 0.1) is 6.92 Å². The third-order valence-corrected chi connectivity index (χ3v) is 4.52. The van der Waals surface area contributed by atoms with Crippen LogP contribution in [0.3, 0.4) is 0 Å². The number of nitrogens with two attached hydrogens (primary N) is 1. The zero-order valence-electron chi connectivity index (χ0n) is 13.5. The van der Waals surface area contributed by atoms with Crippen molar-refractivity contribution in [1.82, 2.24) is 19.9 Å². The molecular formula is C17H20ClN5O. The quantitative estimate of drug-likeness (QED) is 0.786. The molecule has 4 rings (SSSR count). The average molecular weight is 346 g/mol. The zero-order chi connectivity index (χ0) is 15.9. The first-order valence-electron chi connectivity index (χ1n) is 7.91. The minimum Gasteiger partial charge on any atom is -0.334 e. The minimum atomic E-state index is -0.439. The Kier molecular flexibility index (Phi) is 4.43. The van der Waals surface area contributed by atoms with Crippen molar-refractivity contribution in [3.63, 3.8) is 0 Å². The van der Waals surface area contributed by atoms with Gasteiger partial charge in [0.25, 0.3) is 5.89 Å². The van der Waals surface area contributed by atoms with Crippen LogP contribution in [0.1, 0.15) is 37.2 Å². The Morgan fingerprint density at radius 3 is 2.58 bits per heavy atom. The lowest BCUT2D eigenvalue weighted by atomic mass is 9.99. The summed E-state index contributed by atoms with van der Waals surface area (Å²) in [4.78, 5) is 4.55. The smallest absolute Gasteiger partial charge is 0.261 e. The molecule has 2 N–H and O–H groups in total. The molecule has 0 bridgehead atoms. The second-order valence-electron chi connectivity index (χ2n) is 6.19. The highest BCUT2D eigenvalue weighted by Gasteiger charge is 2.36. The van der Waals surface area contributed by atoms with Crippen LogP contribution in [-0.2, 0) is 5.54 Å². The number of aryl methyl sites for hydroxylation is 1. The molecule has 0 radical (unpaired) electrons. The Balaban J connectivity index is 0.00000169.